The number of aromatic nitrogens is 1. The molecule has 1 amide bonds. The molecule has 4 saturated carbocycles. The van der Waals surface area contributed by atoms with E-state index >= 15 is 0 Å². The van der Waals surface area contributed by atoms with E-state index in [1.54, 1.807) is 6.20 Å². The summed E-state index contributed by atoms with van der Waals surface area (Å²) in [7, 11) is 0. The lowest BCUT2D eigenvalue weighted by molar-refractivity contribution is -0.00543. The van der Waals surface area contributed by atoms with Crippen LogP contribution in [0.1, 0.15) is 54.6 Å². The van der Waals surface area contributed by atoms with Crippen LogP contribution >= 0.6 is 0 Å². The summed E-state index contributed by atoms with van der Waals surface area (Å²) in [5.74, 6) is 2.06. The lowest BCUT2D eigenvalue weighted by atomic mass is 9.47. The molecule has 1 aromatic heterocycles. The highest BCUT2D eigenvalue weighted by atomic mass is 16.1. The Bertz CT molecular complexity index is 792. The summed E-state index contributed by atoms with van der Waals surface area (Å²) in [4.78, 5) is 16.7. The molecular formula is C22H24N2O. The lowest BCUT2D eigenvalue weighted by Gasteiger charge is -2.57. The van der Waals surface area contributed by atoms with E-state index in [9.17, 15) is 4.79 Å². The van der Waals surface area contributed by atoms with Crippen LogP contribution in [0, 0.1) is 17.8 Å². The van der Waals surface area contributed by atoms with Gasteiger partial charge in [-0.25, -0.2) is 0 Å². The van der Waals surface area contributed by atoms with E-state index < -0.39 is 0 Å². The monoisotopic (exact) mass is 332 g/mol. The molecule has 3 heteroatoms. The number of nitrogens with two attached hydrogens (primary N) is 1. The second-order valence-corrected chi connectivity index (χ2v) is 8.51. The van der Waals surface area contributed by atoms with Crippen LogP contribution in [0.4, 0.5) is 0 Å². The second kappa shape index (κ2) is 5.42. The molecule has 2 N–H and O–H groups in total. The minimum atomic E-state index is -0.386. The van der Waals surface area contributed by atoms with Crippen LogP contribution in [-0.2, 0) is 5.41 Å². The van der Waals surface area contributed by atoms with E-state index in [2.05, 4.69) is 35.3 Å². The van der Waals surface area contributed by atoms with Gasteiger partial charge in [0.25, 0.3) is 5.91 Å². The number of pyridine rings is 1. The first-order valence-electron chi connectivity index (χ1n) is 9.49. The zero-order valence-corrected chi connectivity index (χ0v) is 14.4. The first kappa shape index (κ1) is 15.1. The van der Waals surface area contributed by atoms with Gasteiger partial charge in [0.2, 0.25) is 0 Å². The van der Waals surface area contributed by atoms with E-state index in [0.29, 0.717) is 5.69 Å². The molecule has 4 bridgehead atoms. The molecule has 0 spiro atoms. The summed E-state index contributed by atoms with van der Waals surface area (Å²) in [5.41, 5.74) is 9.85. The van der Waals surface area contributed by atoms with E-state index in [1.165, 1.54) is 38.5 Å². The molecule has 4 aliphatic rings. The van der Waals surface area contributed by atoms with Crippen molar-refractivity contribution >= 4 is 5.91 Å². The van der Waals surface area contributed by atoms with Crippen molar-refractivity contribution in [2.24, 2.45) is 23.5 Å². The van der Waals surface area contributed by atoms with E-state index in [4.69, 9.17) is 5.73 Å². The van der Waals surface area contributed by atoms with Gasteiger partial charge in [0.1, 0.15) is 5.69 Å². The number of rotatable bonds is 3. The Kier molecular flexibility index (Phi) is 3.28. The van der Waals surface area contributed by atoms with Gasteiger partial charge in [-0.1, -0.05) is 30.3 Å². The molecule has 1 heterocycles. The molecule has 6 rings (SSSR count). The van der Waals surface area contributed by atoms with Gasteiger partial charge in [-0.2, -0.15) is 0 Å². The maximum atomic E-state index is 12.3. The quantitative estimate of drug-likeness (QED) is 0.910. The zero-order chi connectivity index (χ0) is 17.0. The Morgan fingerprint density at radius 1 is 0.960 bits per heavy atom. The second-order valence-electron chi connectivity index (χ2n) is 8.51. The maximum Gasteiger partial charge on any atom is 0.267 e. The van der Waals surface area contributed by atoms with E-state index in [1.807, 2.05) is 6.07 Å². The number of benzene rings is 1. The van der Waals surface area contributed by atoms with Gasteiger partial charge in [0.15, 0.2) is 0 Å². The van der Waals surface area contributed by atoms with Gasteiger partial charge in [-0.3, -0.25) is 9.78 Å². The number of carbonyl (C=O) groups excluding carboxylic acids is 1. The van der Waals surface area contributed by atoms with Crippen molar-refractivity contribution in [2.45, 2.75) is 43.9 Å². The predicted octanol–water partition coefficient (Wildman–Crippen LogP) is 4.32. The summed E-state index contributed by atoms with van der Waals surface area (Å²) in [6.45, 7) is 0. The van der Waals surface area contributed by atoms with Crippen LogP contribution in [0.15, 0.2) is 42.6 Å². The van der Waals surface area contributed by atoms with Gasteiger partial charge in [0.05, 0.1) is 0 Å². The van der Waals surface area contributed by atoms with Gasteiger partial charge in [-0.05, 0) is 84.5 Å². The normalized spacial score (nSPS) is 32.7. The Morgan fingerprint density at radius 2 is 1.56 bits per heavy atom. The third-order valence-corrected chi connectivity index (χ3v) is 6.84. The smallest absolute Gasteiger partial charge is 0.267 e. The molecule has 0 unspecified atom stereocenters. The van der Waals surface area contributed by atoms with Gasteiger partial charge < -0.3 is 5.73 Å². The van der Waals surface area contributed by atoms with Crippen molar-refractivity contribution in [3.63, 3.8) is 0 Å². The molecule has 0 saturated heterocycles. The Morgan fingerprint density at radius 3 is 2.12 bits per heavy atom. The molecule has 0 atom stereocenters. The number of hydrogen-bond acceptors (Lipinski definition) is 2. The molecule has 0 aliphatic heterocycles. The van der Waals surface area contributed by atoms with Crippen molar-refractivity contribution in [2.75, 3.05) is 0 Å². The highest BCUT2D eigenvalue weighted by Crippen LogP contribution is 2.62. The first-order chi connectivity index (χ1) is 12.1. The lowest BCUT2D eigenvalue weighted by Crippen LogP contribution is -2.49. The highest BCUT2D eigenvalue weighted by Gasteiger charge is 2.53. The van der Waals surface area contributed by atoms with Crippen molar-refractivity contribution in [1.29, 1.82) is 0 Å². The molecule has 4 aliphatic carbocycles. The van der Waals surface area contributed by atoms with E-state index in [0.717, 1.165) is 34.4 Å². The first-order valence-corrected chi connectivity index (χ1v) is 9.49. The summed E-state index contributed by atoms with van der Waals surface area (Å²) in [6.07, 6.45) is 9.48. The highest BCUT2D eigenvalue weighted by molar-refractivity contribution is 5.95. The number of primary amides is 1. The fraction of sp³-hybridized carbons (Fsp3) is 0.455. The van der Waals surface area contributed by atoms with Crippen LogP contribution in [0.5, 0.6) is 0 Å². The number of amides is 1. The maximum absolute atomic E-state index is 12.3. The van der Waals surface area contributed by atoms with Crippen LogP contribution in [0.2, 0.25) is 0 Å². The Balaban J connectivity index is 1.73. The number of carbonyl (C=O) groups is 1. The van der Waals surface area contributed by atoms with Crippen LogP contribution in [0.25, 0.3) is 11.1 Å². The molecular weight excluding hydrogens is 308 g/mol. The van der Waals surface area contributed by atoms with Crippen LogP contribution in [-0.4, -0.2) is 10.9 Å². The third-order valence-electron chi connectivity index (χ3n) is 6.84. The molecule has 128 valence electrons. The van der Waals surface area contributed by atoms with Gasteiger partial charge >= 0.3 is 0 Å². The minimum absolute atomic E-state index is 0.0958. The summed E-state index contributed by atoms with van der Waals surface area (Å²) < 4.78 is 0. The third kappa shape index (κ3) is 2.32. The fourth-order valence-electron chi connectivity index (χ4n) is 6.46. The molecule has 4 fully saturated rings. The van der Waals surface area contributed by atoms with Crippen molar-refractivity contribution < 1.29 is 4.79 Å². The minimum Gasteiger partial charge on any atom is -0.364 e. The number of nitrogens with zero attached hydrogens (tertiary/aromatic N) is 1. The average molecular weight is 332 g/mol. The predicted molar refractivity (Wildman–Crippen MR) is 98.0 cm³/mol. The largest absolute Gasteiger partial charge is 0.364 e. The SMILES string of the molecule is NC(=O)c1nccc(-c2ccccc2)c1C12CC3CC(CC(C3)C1)C2. The van der Waals surface area contributed by atoms with Gasteiger partial charge in [0, 0.05) is 6.20 Å². The molecule has 25 heavy (non-hydrogen) atoms. The zero-order valence-electron chi connectivity index (χ0n) is 14.4. The topological polar surface area (TPSA) is 56.0 Å². The summed E-state index contributed by atoms with van der Waals surface area (Å²) in [5, 5.41) is 0. The summed E-state index contributed by atoms with van der Waals surface area (Å²) in [6, 6.07) is 12.5. The van der Waals surface area contributed by atoms with E-state index in [-0.39, 0.29) is 11.3 Å². The summed E-state index contributed by atoms with van der Waals surface area (Å²) >= 11 is 0. The fourth-order valence-corrected chi connectivity index (χ4v) is 6.46. The average Bonchev–Trinajstić information content (AvgIpc) is 2.60. The standard InChI is InChI=1S/C22H24N2O/c23-21(25)20-19(18(6-7-24-20)17-4-2-1-3-5-17)22-11-14-8-15(12-22)10-16(9-14)13-22/h1-7,14-16H,8-13H2,(H2,23,25). The van der Waals surface area contributed by atoms with Crippen LogP contribution < -0.4 is 5.73 Å². The number of hydrogen-bond donors (Lipinski definition) is 1. The molecule has 1 aromatic carbocycles. The molecule has 3 nitrogen and oxygen atoms in total. The van der Waals surface area contributed by atoms with Crippen molar-refractivity contribution in [3.8, 4) is 11.1 Å². The van der Waals surface area contributed by atoms with Crippen molar-refractivity contribution in [3.05, 3.63) is 53.9 Å². The van der Waals surface area contributed by atoms with Crippen molar-refractivity contribution in [1.82, 2.24) is 4.98 Å². The Hall–Kier alpha value is -2.16. The molecule has 0 radical (unpaired) electrons. The Labute approximate surface area is 148 Å². The van der Waals surface area contributed by atoms with Crippen LogP contribution in [0.3, 0.4) is 0 Å². The molecule has 2 aromatic rings. The van der Waals surface area contributed by atoms with Gasteiger partial charge in [-0.15, -0.1) is 0 Å².